The van der Waals surface area contributed by atoms with Crippen LogP contribution >= 0.6 is 0 Å². The van der Waals surface area contributed by atoms with Gasteiger partial charge in [0, 0.05) is 32.5 Å². The number of imidazole rings is 1. The van der Waals surface area contributed by atoms with Crippen molar-refractivity contribution in [1.29, 1.82) is 0 Å². The van der Waals surface area contributed by atoms with Crippen LogP contribution in [-0.4, -0.2) is 51.9 Å². The Labute approximate surface area is 130 Å². The number of likely N-dealkylation sites (tertiary alicyclic amines) is 1. The van der Waals surface area contributed by atoms with Crippen LogP contribution in [-0.2, 0) is 13.1 Å². The Morgan fingerprint density at radius 2 is 2.18 bits per heavy atom. The number of furan rings is 1. The average molecular weight is 302 g/mol. The minimum atomic E-state index is -0.0761. The summed E-state index contributed by atoms with van der Waals surface area (Å²) in [5, 5.41) is 0. The molecule has 1 saturated heterocycles. The molecular formula is C16H22N4O2. The van der Waals surface area contributed by atoms with Gasteiger partial charge in [-0.1, -0.05) is 0 Å². The van der Waals surface area contributed by atoms with E-state index in [1.54, 1.807) is 30.5 Å². The number of likely N-dealkylation sites (N-methyl/N-ethyl adjacent to an activating group) is 1. The van der Waals surface area contributed by atoms with E-state index in [0.717, 1.165) is 31.9 Å². The van der Waals surface area contributed by atoms with Crippen molar-refractivity contribution in [3.8, 4) is 0 Å². The summed E-state index contributed by atoms with van der Waals surface area (Å²) in [6.07, 6.45) is 7.88. The maximum atomic E-state index is 12.3. The predicted molar refractivity (Wildman–Crippen MR) is 82.4 cm³/mol. The first-order valence-electron chi connectivity index (χ1n) is 7.74. The summed E-state index contributed by atoms with van der Waals surface area (Å²) in [6.45, 7) is 4.39. The van der Waals surface area contributed by atoms with Crippen LogP contribution in [0.25, 0.3) is 0 Å². The van der Waals surface area contributed by atoms with E-state index in [2.05, 4.69) is 9.88 Å². The van der Waals surface area contributed by atoms with E-state index in [9.17, 15) is 4.79 Å². The van der Waals surface area contributed by atoms with Gasteiger partial charge < -0.3 is 13.9 Å². The normalized spacial score (nSPS) is 15.3. The molecule has 3 heterocycles. The molecule has 1 aliphatic heterocycles. The Morgan fingerprint density at radius 1 is 1.36 bits per heavy atom. The number of carbonyl (C=O) groups is 1. The molecule has 0 atom stereocenters. The quantitative estimate of drug-likeness (QED) is 0.817. The highest BCUT2D eigenvalue weighted by molar-refractivity contribution is 5.91. The molecule has 0 saturated carbocycles. The number of nitrogens with zero attached hydrogens (tertiary/aromatic N) is 4. The summed E-state index contributed by atoms with van der Waals surface area (Å²) in [5.74, 6) is 1.21. The highest BCUT2D eigenvalue weighted by Crippen LogP contribution is 2.16. The van der Waals surface area contributed by atoms with Crippen molar-refractivity contribution < 1.29 is 9.21 Å². The SMILES string of the molecule is CN(CCn1ccnc1)C(=O)c1ccc(CN2CCCC2)o1. The topological polar surface area (TPSA) is 54.5 Å². The van der Waals surface area contributed by atoms with Crippen molar-refractivity contribution in [2.75, 3.05) is 26.7 Å². The molecule has 6 nitrogen and oxygen atoms in total. The number of amides is 1. The third kappa shape index (κ3) is 3.57. The molecule has 0 aliphatic carbocycles. The Hall–Kier alpha value is -2.08. The molecule has 0 aromatic carbocycles. The molecule has 0 unspecified atom stereocenters. The van der Waals surface area contributed by atoms with Gasteiger partial charge in [0.15, 0.2) is 5.76 Å². The number of aromatic nitrogens is 2. The van der Waals surface area contributed by atoms with E-state index >= 15 is 0 Å². The van der Waals surface area contributed by atoms with Crippen LogP contribution in [0.15, 0.2) is 35.3 Å². The van der Waals surface area contributed by atoms with Gasteiger partial charge in [-0.15, -0.1) is 0 Å². The number of rotatable bonds is 6. The molecule has 3 rings (SSSR count). The van der Waals surface area contributed by atoms with Crippen molar-refractivity contribution in [3.63, 3.8) is 0 Å². The zero-order valence-electron chi connectivity index (χ0n) is 12.9. The molecule has 0 N–H and O–H groups in total. The van der Waals surface area contributed by atoms with E-state index in [-0.39, 0.29) is 5.91 Å². The van der Waals surface area contributed by atoms with Crippen LogP contribution in [0.5, 0.6) is 0 Å². The van der Waals surface area contributed by atoms with Gasteiger partial charge in [-0.25, -0.2) is 4.98 Å². The van der Waals surface area contributed by atoms with Gasteiger partial charge in [-0.2, -0.15) is 0 Å². The van der Waals surface area contributed by atoms with Gasteiger partial charge in [0.1, 0.15) is 5.76 Å². The van der Waals surface area contributed by atoms with Crippen molar-refractivity contribution >= 4 is 5.91 Å². The Morgan fingerprint density at radius 3 is 2.91 bits per heavy atom. The lowest BCUT2D eigenvalue weighted by Gasteiger charge is -2.16. The zero-order valence-corrected chi connectivity index (χ0v) is 12.9. The van der Waals surface area contributed by atoms with E-state index in [4.69, 9.17) is 4.42 Å². The van der Waals surface area contributed by atoms with Crippen LogP contribution in [0.3, 0.4) is 0 Å². The lowest BCUT2D eigenvalue weighted by atomic mass is 10.3. The standard InChI is InChI=1S/C16H22N4O2/c1-18(10-11-20-9-6-17-13-20)16(21)15-5-4-14(22-15)12-19-7-2-3-8-19/h4-6,9,13H,2-3,7-8,10-12H2,1H3. The van der Waals surface area contributed by atoms with E-state index in [1.165, 1.54) is 12.8 Å². The average Bonchev–Trinajstić information content (AvgIpc) is 3.27. The zero-order chi connectivity index (χ0) is 15.4. The fourth-order valence-electron chi connectivity index (χ4n) is 2.71. The minimum absolute atomic E-state index is 0.0761. The number of hydrogen-bond donors (Lipinski definition) is 0. The van der Waals surface area contributed by atoms with Crippen molar-refractivity contribution in [2.45, 2.75) is 25.9 Å². The number of hydrogen-bond acceptors (Lipinski definition) is 4. The fourth-order valence-corrected chi connectivity index (χ4v) is 2.71. The second kappa shape index (κ2) is 6.79. The Balaban J connectivity index is 1.53. The second-order valence-electron chi connectivity index (χ2n) is 5.78. The number of carbonyl (C=O) groups excluding carboxylic acids is 1. The minimum Gasteiger partial charge on any atom is -0.455 e. The van der Waals surface area contributed by atoms with Gasteiger partial charge in [-0.3, -0.25) is 9.69 Å². The first kappa shape index (κ1) is 14.8. The summed E-state index contributed by atoms with van der Waals surface area (Å²) >= 11 is 0. The largest absolute Gasteiger partial charge is 0.455 e. The van der Waals surface area contributed by atoms with Crippen LogP contribution in [0.1, 0.15) is 29.2 Å². The molecule has 2 aromatic heterocycles. The molecule has 1 fully saturated rings. The molecule has 6 heteroatoms. The molecule has 1 amide bonds. The van der Waals surface area contributed by atoms with E-state index in [0.29, 0.717) is 12.3 Å². The van der Waals surface area contributed by atoms with Crippen LogP contribution in [0.2, 0.25) is 0 Å². The second-order valence-corrected chi connectivity index (χ2v) is 5.78. The first-order valence-corrected chi connectivity index (χ1v) is 7.74. The third-order valence-corrected chi connectivity index (χ3v) is 4.05. The van der Waals surface area contributed by atoms with Crippen molar-refractivity contribution in [2.24, 2.45) is 0 Å². The molecule has 0 radical (unpaired) electrons. The summed E-state index contributed by atoms with van der Waals surface area (Å²) in [6, 6.07) is 3.69. The summed E-state index contributed by atoms with van der Waals surface area (Å²) in [7, 11) is 1.79. The van der Waals surface area contributed by atoms with Gasteiger partial charge in [-0.05, 0) is 38.1 Å². The molecule has 118 valence electrons. The molecule has 1 aliphatic rings. The maximum Gasteiger partial charge on any atom is 0.289 e. The van der Waals surface area contributed by atoms with E-state index < -0.39 is 0 Å². The molecule has 22 heavy (non-hydrogen) atoms. The highest BCUT2D eigenvalue weighted by atomic mass is 16.4. The lowest BCUT2D eigenvalue weighted by molar-refractivity contribution is 0.0755. The third-order valence-electron chi connectivity index (χ3n) is 4.05. The highest BCUT2D eigenvalue weighted by Gasteiger charge is 2.18. The molecular weight excluding hydrogens is 280 g/mol. The van der Waals surface area contributed by atoms with Crippen molar-refractivity contribution in [1.82, 2.24) is 19.4 Å². The van der Waals surface area contributed by atoms with E-state index in [1.807, 2.05) is 16.8 Å². The lowest BCUT2D eigenvalue weighted by Crippen LogP contribution is -2.29. The van der Waals surface area contributed by atoms with Crippen LogP contribution in [0, 0.1) is 0 Å². The monoisotopic (exact) mass is 302 g/mol. The van der Waals surface area contributed by atoms with Gasteiger partial charge >= 0.3 is 0 Å². The van der Waals surface area contributed by atoms with Crippen molar-refractivity contribution in [3.05, 3.63) is 42.4 Å². The first-order chi connectivity index (χ1) is 10.7. The molecule has 2 aromatic rings. The predicted octanol–water partition coefficient (Wildman–Crippen LogP) is 1.84. The summed E-state index contributed by atoms with van der Waals surface area (Å²) in [5.41, 5.74) is 0. The Bertz CT molecular complexity index is 599. The van der Waals surface area contributed by atoms with Gasteiger partial charge in [0.05, 0.1) is 12.9 Å². The summed E-state index contributed by atoms with van der Waals surface area (Å²) < 4.78 is 7.66. The maximum absolute atomic E-state index is 12.3. The molecule has 0 bridgehead atoms. The fraction of sp³-hybridized carbons (Fsp3) is 0.500. The molecule has 0 spiro atoms. The smallest absolute Gasteiger partial charge is 0.289 e. The summed E-state index contributed by atoms with van der Waals surface area (Å²) in [4.78, 5) is 20.4. The van der Waals surface area contributed by atoms with Crippen LogP contribution in [0.4, 0.5) is 0 Å². The van der Waals surface area contributed by atoms with Gasteiger partial charge in [0.25, 0.3) is 5.91 Å². The Kier molecular flexibility index (Phi) is 4.58. The van der Waals surface area contributed by atoms with Gasteiger partial charge in [0.2, 0.25) is 0 Å². The van der Waals surface area contributed by atoms with Crippen LogP contribution < -0.4 is 0 Å².